The minimum absolute atomic E-state index is 0. The molecule has 0 aliphatic carbocycles. The number of aliphatic carboxylic acids is 1. The summed E-state index contributed by atoms with van der Waals surface area (Å²) in [6.45, 7) is 1.91. The largest absolute Gasteiger partial charge is 0.480 e. The van der Waals surface area contributed by atoms with E-state index in [1.54, 1.807) is 0 Å². The van der Waals surface area contributed by atoms with Gasteiger partial charge in [0.05, 0.1) is 0 Å². The van der Waals surface area contributed by atoms with E-state index in [0.29, 0.717) is 6.42 Å². The third-order valence-corrected chi connectivity index (χ3v) is 0.917. The molecule has 0 bridgehead atoms. The fourth-order valence-corrected chi connectivity index (χ4v) is 0.434. The van der Waals surface area contributed by atoms with E-state index in [1.807, 2.05) is 6.92 Å². The van der Waals surface area contributed by atoms with Gasteiger partial charge in [0.2, 0.25) is 0 Å². The molecule has 0 amide bonds. The number of hydrogen-bond donors (Lipinski definition) is 2. The van der Waals surface area contributed by atoms with Gasteiger partial charge in [0.1, 0.15) is 6.04 Å². The lowest BCUT2D eigenvalue weighted by molar-refractivity contribution is -0.138. The minimum atomic E-state index is -0.910. The summed E-state index contributed by atoms with van der Waals surface area (Å²) >= 11 is 0. The minimum Gasteiger partial charge on any atom is -0.480 e. The van der Waals surface area contributed by atoms with Crippen molar-refractivity contribution >= 4 is 19.5 Å². The van der Waals surface area contributed by atoms with Gasteiger partial charge >= 0.3 is 5.97 Å². The molecular weight excluding hydrogens is 138 g/mol. The maximum absolute atomic E-state index is 9.96. The maximum atomic E-state index is 9.96. The molecule has 0 rings (SSSR count). The van der Waals surface area contributed by atoms with Crippen molar-refractivity contribution in [2.45, 2.75) is 25.8 Å². The normalized spacial score (nSPS) is 11.8. The summed E-state index contributed by atoms with van der Waals surface area (Å²) in [5, 5.41) is 8.19. The average molecular weight is 151 g/mol. The van der Waals surface area contributed by atoms with Crippen LogP contribution >= 0.6 is 13.5 Å². The van der Waals surface area contributed by atoms with Crippen LogP contribution in [-0.4, -0.2) is 17.1 Å². The van der Waals surface area contributed by atoms with Gasteiger partial charge in [-0.3, -0.25) is 4.79 Å². The first-order valence-corrected chi connectivity index (χ1v) is 2.67. The molecule has 1 unspecified atom stereocenters. The first-order valence-electron chi connectivity index (χ1n) is 2.67. The molecule has 0 radical (unpaired) electrons. The van der Waals surface area contributed by atoms with Gasteiger partial charge in [-0.2, -0.15) is 13.5 Å². The first kappa shape index (κ1) is 11.6. The second kappa shape index (κ2) is 5.91. The van der Waals surface area contributed by atoms with Crippen LogP contribution in [-0.2, 0) is 4.79 Å². The topological polar surface area (TPSA) is 63.3 Å². The summed E-state index contributed by atoms with van der Waals surface area (Å²) in [4.78, 5) is 9.96. The summed E-state index contributed by atoms with van der Waals surface area (Å²) in [5.41, 5.74) is 5.13. The Kier molecular flexibility index (Phi) is 7.59. The highest BCUT2D eigenvalue weighted by molar-refractivity contribution is 7.59. The standard InChI is InChI=1S/C5H11NO2.H2S/c1-2-3-4(6)5(7)8;/h4H,2-3,6H2,1H3,(H,7,8);1H2. The van der Waals surface area contributed by atoms with Gasteiger partial charge in [0.15, 0.2) is 0 Å². The van der Waals surface area contributed by atoms with Crippen LogP contribution in [0.3, 0.4) is 0 Å². The summed E-state index contributed by atoms with van der Waals surface area (Å²) in [6.07, 6.45) is 1.39. The second-order valence-corrected chi connectivity index (χ2v) is 1.73. The SMILES string of the molecule is CCCC(N)C(=O)O.S. The summed E-state index contributed by atoms with van der Waals surface area (Å²) < 4.78 is 0. The zero-order valence-electron chi connectivity index (χ0n) is 5.42. The Balaban J connectivity index is 0. The van der Waals surface area contributed by atoms with E-state index in [-0.39, 0.29) is 13.5 Å². The second-order valence-electron chi connectivity index (χ2n) is 1.73. The van der Waals surface area contributed by atoms with Crippen LogP contribution < -0.4 is 5.73 Å². The number of rotatable bonds is 3. The number of nitrogens with two attached hydrogens (primary N) is 1. The number of hydrogen-bond acceptors (Lipinski definition) is 2. The smallest absolute Gasteiger partial charge is 0.320 e. The van der Waals surface area contributed by atoms with Gasteiger partial charge in [0.25, 0.3) is 0 Å². The van der Waals surface area contributed by atoms with E-state index < -0.39 is 12.0 Å². The molecule has 0 saturated heterocycles. The highest BCUT2D eigenvalue weighted by Gasteiger charge is 2.07. The number of carbonyl (C=O) groups is 1. The lowest BCUT2D eigenvalue weighted by Gasteiger charge is -2.00. The summed E-state index contributed by atoms with van der Waals surface area (Å²) in [6, 6.07) is -0.667. The quantitative estimate of drug-likeness (QED) is 0.610. The maximum Gasteiger partial charge on any atom is 0.320 e. The van der Waals surface area contributed by atoms with Crippen molar-refractivity contribution in [1.29, 1.82) is 0 Å². The molecule has 0 aliphatic heterocycles. The fourth-order valence-electron chi connectivity index (χ4n) is 0.434. The number of carboxylic acid groups (broad SMARTS) is 1. The molecule has 3 N–H and O–H groups in total. The molecule has 0 aliphatic rings. The fraction of sp³-hybridized carbons (Fsp3) is 0.800. The van der Waals surface area contributed by atoms with Gasteiger partial charge in [0, 0.05) is 0 Å². The molecule has 3 nitrogen and oxygen atoms in total. The zero-order valence-corrected chi connectivity index (χ0v) is 6.42. The van der Waals surface area contributed by atoms with Crippen LogP contribution in [0.2, 0.25) is 0 Å². The third-order valence-electron chi connectivity index (χ3n) is 0.917. The summed E-state index contributed by atoms with van der Waals surface area (Å²) in [7, 11) is 0. The number of carboxylic acids is 1. The van der Waals surface area contributed by atoms with E-state index in [1.165, 1.54) is 0 Å². The average Bonchev–Trinajstić information content (AvgIpc) is 1.67. The van der Waals surface area contributed by atoms with Crippen molar-refractivity contribution in [2.24, 2.45) is 5.73 Å². The molecule has 0 saturated carbocycles. The highest BCUT2D eigenvalue weighted by atomic mass is 32.1. The van der Waals surface area contributed by atoms with Crippen molar-refractivity contribution in [1.82, 2.24) is 0 Å². The van der Waals surface area contributed by atoms with Gasteiger partial charge in [-0.25, -0.2) is 0 Å². The zero-order chi connectivity index (χ0) is 6.57. The van der Waals surface area contributed by atoms with Crippen LogP contribution in [0.15, 0.2) is 0 Å². The van der Waals surface area contributed by atoms with Gasteiger partial charge in [-0.15, -0.1) is 0 Å². The van der Waals surface area contributed by atoms with E-state index in [2.05, 4.69) is 0 Å². The predicted molar refractivity (Wildman–Crippen MR) is 40.9 cm³/mol. The predicted octanol–water partition coefficient (Wildman–Crippen LogP) is 0.311. The van der Waals surface area contributed by atoms with E-state index in [4.69, 9.17) is 10.8 Å². The van der Waals surface area contributed by atoms with Gasteiger partial charge in [-0.05, 0) is 6.42 Å². The third kappa shape index (κ3) is 5.65. The highest BCUT2D eigenvalue weighted by Crippen LogP contribution is 1.91. The Morgan fingerprint density at radius 1 is 1.78 bits per heavy atom. The van der Waals surface area contributed by atoms with E-state index in [9.17, 15) is 4.79 Å². The Bertz CT molecular complexity index is 87.0. The molecule has 9 heavy (non-hydrogen) atoms. The van der Waals surface area contributed by atoms with Crippen LogP contribution in [0.1, 0.15) is 19.8 Å². The molecule has 0 aromatic heterocycles. The Morgan fingerprint density at radius 3 is 2.33 bits per heavy atom. The molecule has 0 aromatic carbocycles. The van der Waals surface area contributed by atoms with Crippen LogP contribution in [0.4, 0.5) is 0 Å². The van der Waals surface area contributed by atoms with Crippen molar-refractivity contribution in [3.05, 3.63) is 0 Å². The molecule has 0 heterocycles. The van der Waals surface area contributed by atoms with Crippen molar-refractivity contribution in [2.75, 3.05) is 0 Å². The molecule has 4 heteroatoms. The van der Waals surface area contributed by atoms with E-state index in [0.717, 1.165) is 6.42 Å². The van der Waals surface area contributed by atoms with Crippen LogP contribution in [0, 0.1) is 0 Å². The molecule has 1 atom stereocenters. The molecule has 0 spiro atoms. The van der Waals surface area contributed by atoms with Gasteiger partial charge < -0.3 is 10.8 Å². The summed E-state index contributed by atoms with van der Waals surface area (Å²) in [5.74, 6) is -0.910. The first-order chi connectivity index (χ1) is 3.68. The molecule has 0 aromatic rings. The monoisotopic (exact) mass is 151 g/mol. The lowest BCUT2D eigenvalue weighted by Crippen LogP contribution is -2.29. The lowest BCUT2D eigenvalue weighted by atomic mass is 10.2. The molecule has 0 fully saturated rings. The Labute approximate surface area is 61.7 Å². The van der Waals surface area contributed by atoms with Crippen molar-refractivity contribution in [3.63, 3.8) is 0 Å². The van der Waals surface area contributed by atoms with E-state index >= 15 is 0 Å². The van der Waals surface area contributed by atoms with Crippen molar-refractivity contribution < 1.29 is 9.90 Å². The van der Waals surface area contributed by atoms with Gasteiger partial charge in [-0.1, -0.05) is 13.3 Å². The van der Waals surface area contributed by atoms with Crippen molar-refractivity contribution in [3.8, 4) is 0 Å². The Hall–Kier alpha value is -0.220. The molecule has 56 valence electrons. The molecular formula is C5H13NO2S. The van der Waals surface area contributed by atoms with Crippen LogP contribution in [0.25, 0.3) is 0 Å². The van der Waals surface area contributed by atoms with Crippen LogP contribution in [0.5, 0.6) is 0 Å². The Morgan fingerprint density at radius 2 is 2.22 bits per heavy atom.